The van der Waals surface area contributed by atoms with Crippen LogP contribution in [0.3, 0.4) is 0 Å². The topological polar surface area (TPSA) is 61.6 Å². The molecule has 0 aliphatic carbocycles. The van der Waals surface area contributed by atoms with E-state index in [0.29, 0.717) is 17.1 Å². The van der Waals surface area contributed by atoms with Crippen molar-refractivity contribution in [3.8, 4) is 11.5 Å². The van der Waals surface area contributed by atoms with Gasteiger partial charge in [0.2, 0.25) is 6.20 Å². The molecular formula is C11H13NO4S. The highest BCUT2D eigenvalue weighted by Crippen LogP contribution is 2.39. The lowest BCUT2D eigenvalue weighted by atomic mass is 10.2. The molecule has 1 aromatic carbocycles. The Hall–Kier alpha value is -1.69. The van der Waals surface area contributed by atoms with Gasteiger partial charge in [-0.25, -0.2) is 0 Å². The molecule has 1 aromatic rings. The monoisotopic (exact) mass is 255 g/mol. The van der Waals surface area contributed by atoms with Crippen LogP contribution in [-0.2, 0) is 0 Å². The second-order valence-corrected chi connectivity index (χ2v) is 3.87. The van der Waals surface area contributed by atoms with E-state index in [1.165, 1.54) is 24.9 Å². The third-order valence-electron chi connectivity index (χ3n) is 2.11. The largest absolute Gasteiger partial charge is 0.492 e. The van der Waals surface area contributed by atoms with Crippen LogP contribution >= 0.6 is 11.8 Å². The lowest BCUT2D eigenvalue weighted by Crippen LogP contribution is -1.95. The van der Waals surface area contributed by atoms with E-state index in [2.05, 4.69) is 0 Å². The van der Waals surface area contributed by atoms with Crippen LogP contribution in [0.5, 0.6) is 11.5 Å². The second-order valence-electron chi connectivity index (χ2n) is 3.02. The van der Waals surface area contributed by atoms with Crippen molar-refractivity contribution < 1.29 is 14.4 Å². The molecule has 6 heteroatoms. The predicted octanol–water partition coefficient (Wildman–Crippen LogP) is 2.67. The number of thioether (sulfide) groups is 1. The molecular weight excluding hydrogens is 242 g/mol. The molecule has 0 atom stereocenters. The molecule has 92 valence electrons. The van der Waals surface area contributed by atoms with Gasteiger partial charge in [-0.05, 0) is 18.4 Å². The summed E-state index contributed by atoms with van der Waals surface area (Å²) in [5.74, 6) is 1.09. The molecule has 0 N–H and O–H groups in total. The molecule has 0 aromatic heterocycles. The van der Waals surface area contributed by atoms with Gasteiger partial charge >= 0.3 is 0 Å². The average Bonchev–Trinajstić information content (AvgIpc) is 2.34. The van der Waals surface area contributed by atoms with E-state index >= 15 is 0 Å². The van der Waals surface area contributed by atoms with Crippen LogP contribution in [0.25, 0.3) is 6.08 Å². The molecule has 0 amide bonds. The van der Waals surface area contributed by atoms with Crippen molar-refractivity contribution in [2.75, 3.05) is 20.5 Å². The van der Waals surface area contributed by atoms with Gasteiger partial charge in [0, 0.05) is 11.6 Å². The number of ether oxygens (including phenoxy) is 2. The number of benzene rings is 1. The van der Waals surface area contributed by atoms with Crippen molar-refractivity contribution in [2.24, 2.45) is 0 Å². The first-order valence-corrected chi connectivity index (χ1v) is 5.97. The van der Waals surface area contributed by atoms with E-state index in [0.717, 1.165) is 11.1 Å². The van der Waals surface area contributed by atoms with Crippen molar-refractivity contribution in [1.82, 2.24) is 0 Å². The first-order valence-electron chi connectivity index (χ1n) is 4.74. The highest BCUT2D eigenvalue weighted by Gasteiger charge is 2.13. The van der Waals surface area contributed by atoms with E-state index in [1.807, 2.05) is 12.3 Å². The van der Waals surface area contributed by atoms with Crippen molar-refractivity contribution in [3.63, 3.8) is 0 Å². The quantitative estimate of drug-likeness (QED) is 0.460. The van der Waals surface area contributed by atoms with Crippen LogP contribution in [0.1, 0.15) is 5.56 Å². The highest BCUT2D eigenvalue weighted by molar-refractivity contribution is 7.98. The highest BCUT2D eigenvalue weighted by atomic mass is 32.2. The lowest BCUT2D eigenvalue weighted by molar-refractivity contribution is -0.400. The molecule has 0 unspecified atom stereocenters. The fraction of sp³-hybridized carbons (Fsp3) is 0.273. The van der Waals surface area contributed by atoms with Gasteiger partial charge < -0.3 is 9.47 Å². The normalized spacial score (nSPS) is 10.5. The lowest BCUT2D eigenvalue weighted by Gasteiger charge is -2.13. The summed E-state index contributed by atoms with van der Waals surface area (Å²) in [5.41, 5.74) is 0.610. The summed E-state index contributed by atoms with van der Waals surface area (Å²) < 4.78 is 10.5. The minimum absolute atomic E-state index is 0.498. The second kappa shape index (κ2) is 6.15. The maximum atomic E-state index is 10.3. The van der Waals surface area contributed by atoms with Gasteiger partial charge in [-0.2, -0.15) is 0 Å². The molecule has 0 bridgehead atoms. The van der Waals surface area contributed by atoms with Crippen LogP contribution in [0.4, 0.5) is 0 Å². The Balaban J connectivity index is 3.28. The number of nitrogens with zero attached hydrogens (tertiary/aromatic N) is 1. The summed E-state index contributed by atoms with van der Waals surface area (Å²) in [6.45, 7) is 0. The zero-order valence-corrected chi connectivity index (χ0v) is 10.6. The fourth-order valence-electron chi connectivity index (χ4n) is 1.40. The molecule has 17 heavy (non-hydrogen) atoms. The van der Waals surface area contributed by atoms with Crippen molar-refractivity contribution in [1.29, 1.82) is 0 Å². The van der Waals surface area contributed by atoms with Crippen molar-refractivity contribution >= 4 is 17.8 Å². The van der Waals surface area contributed by atoms with Gasteiger partial charge in [0.15, 0.2) is 11.5 Å². The summed E-state index contributed by atoms with van der Waals surface area (Å²) in [6.07, 6.45) is 4.17. The van der Waals surface area contributed by atoms with Crippen LogP contribution in [0.15, 0.2) is 23.2 Å². The molecule has 0 fully saturated rings. The summed E-state index contributed by atoms with van der Waals surface area (Å²) in [6, 6.07) is 3.60. The minimum Gasteiger partial charge on any atom is -0.492 e. The number of methoxy groups -OCH3 is 2. The molecule has 0 heterocycles. The number of rotatable bonds is 5. The van der Waals surface area contributed by atoms with Gasteiger partial charge in [-0.3, -0.25) is 10.1 Å². The van der Waals surface area contributed by atoms with E-state index in [9.17, 15) is 10.1 Å². The molecule has 1 rings (SSSR count). The van der Waals surface area contributed by atoms with Gasteiger partial charge in [-0.1, -0.05) is 0 Å². The molecule has 0 radical (unpaired) electrons. The molecule has 5 nitrogen and oxygen atoms in total. The van der Waals surface area contributed by atoms with E-state index in [-0.39, 0.29) is 0 Å². The SMILES string of the molecule is COc1c(/C=C/[N+](=O)[O-])ccc(SC)c1OC. The minimum atomic E-state index is -0.519. The first kappa shape index (κ1) is 13.4. The van der Waals surface area contributed by atoms with Crippen molar-refractivity contribution in [3.05, 3.63) is 34.0 Å². The van der Waals surface area contributed by atoms with Crippen molar-refractivity contribution in [2.45, 2.75) is 4.90 Å². The van der Waals surface area contributed by atoms with Gasteiger partial charge in [0.05, 0.1) is 24.0 Å². The zero-order valence-electron chi connectivity index (χ0n) is 9.80. The van der Waals surface area contributed by atoms with E-state index < -0.39 is 4.92 Å². The van der Waals surface area contributed by atoms with Gasteiger partial charge in [-0.15, -0.1) is 11.8 Å². The van der Waals surface area contributed by atoms with Crippen LogP contribution in [-0.4, -0.2) is 25.4 Å². The molecule has 0 saturated carbocycles. The zero-order chi connectivity index (χ0) is 12.8. The molecule has 0 spiro atoms. The Morgan fingerprint density at radius 3 is 2.41 bits per heavy atom. The Bertz CT molecular complexity index is 445. The van der Waals surface area contributed by atoms with Crippen LogP contribution in [0, 0.1) is 10.1 Å². The predicted molar refractivity (Wildman–Crippen MR) is 67.4 cm³/mol. The molecule has 0 aliphatic rings. The standard InChI is InChI=1S/C11H13NO4S/c1-15-10-8(6-7-12(13)14)4-5-9(17-3)11(10)16-2/h4-7H,1-3H3/b7-6+. The number of hydrogen-bond acceptors (Lipinski definition) is 5. The fourth-order valence-corrected chi connectivity index (χ4v) is 1.96. The number of hydrogen-bond donors (Lipinski definition) is 0. The van der Waals surface area contributed by atoms with E-state index in [4.69, 9.17) is 9.47 Å². The van der Waals surface area contributed by atoms with Crippen LogP contribution in [0.2, 0.25) is 0 Å². The maximum absolute atomic E-state index is 10.3. The molecule has 0 saturated heterocycles. The Kier molecular flexibility index (Phi) is 4.84. The summed E-state index contributed by atoms with van der Waals surface area (Å²) in [5, 5.41) is 10.3. The smallest absolute Gasteiger partial charge is 0.235 e. The third kappa shape index (κ3) is 3.13. The third-order valence-corrected chi connectivity index (χ3v) is 2.87. The Morgan fingerprint density at radius 2 is 1.94 bits per heavy atom. The molecule has 0 aliphatic heterocycles. The van der Waals surface area contributed by atoms with E-state index in [1.54, 1.807) is 13.2 Å². The van der Waals surface area contributed by atoms with Gasteiger partial charge in [0.25, 0.3) is 0 Å². The summed E-state index contributed by atoms with van der Waals surface area (Å²) in [4.78, 5) is 10.7. The first-order chi connectivity index (χ1) is 8.13. The number of nitro groups is 1. The van der Waals surface area contributed by atoms with Gasteiger partial charge in [0.1, 0.15) is 0 Å². The summed E-state index contributed by atoms with van der Waals surface area (Å²) in [7, 11) is 3.05. The Labute approximate surface area is 104 Å². The maximum Gasteiger partial charge on any atom is 0.235 e. The summed E-state index contributed by atoms with van der Waals surface area (Å²) >= 11 is 1.52. The Morgan fingerprint density at radius 1 is 1.29 bits per heavy atom. The van der Waals surface area contributed by atoms with Crippen LogP contribution < -0.4 is 9.47 Å². The average molecular weight is 255 g/mol.